The Morgan fingerprint density at radius 1 is 1.06 bits per heavy atom. The number of ketones is 1. The van der Waals surface area contributed by atoms with Gasteiger partial charge in [0.1, 0.15) is 17.8 Å². The van der Waals surface area contributed by atoms with Crippen LogP contribution >= 0.6 is 23.2 Å². The molecule has 2 aromatic heterocycles. The highest BCUT2D eigenvalue weighted by atomic mass is 35.5. The summed E-state index contributed by atoms with van der Waals surface area (Å²) in [6.45, 7) is 3.90. The van der Waals surface area contributed by atoms with Crippen LogP contribution in [0, 0.1) is 0 Å². The molecule has 0 bridgehead atoms. The van der Waals surface area contributed by atoms with Crippen LogP contribution in [0.25, 0.3) is 11.0 Å². The zero-order valence-electron chi connectivity index (χ0n) is 17.6. The van der Waals surface area contributed by atoms with Gasteiger partial charge in [-0.25, -0.2) is 18.4 Å². The van der Waals surface area contributed by atoms with Gasteiger partial charge in [0.15, 0.2) is 5.78 Å². The molecule has 0 atom stereocenters. The number of benzene rings is 2. The molecule has 0 saturated carbocycles. The van der Waals surface area contributed by atoms with Gasteiger partial charge in [0.2, 0.25) is 0 Å². The summed E-state index contributed by atoms with van der Waals surface area (Å²) in [4.78, 5) is 21.8. The van der Waals surface area contributed by atoms with Gasteiger partial charge in [-0.15, -0.1) is 0 Å². The Balaban J connectivity index is 1.77. The first-order valence-electron chi connectivity index (χ1n) is 9.82. The molecule has 0 aliphatic carbocycles. The number of hydrogen-bond donors (Lipinski definition) is 2. The highest BCUT2D eigenvalue weighted by Gasteiger charge is 2.25. The lowest BCUT2D eigenvalue weighted by Gasteiger charge is -2.12. The van der Waals surface area contributed by atoms with Crippen molar-refractivity contribution in [1.29, 1.82) is 0 Å². The van der Waals surface area contributed by atoms with E-state index in [1.54, 1.807) is 12.3 Å². The van der Waals surface area contributed by atoms with Crippen LogP contribution in [-0.4, -0.2) is 28.7 Å². The van der Waals surface area contributed by atoms with Crippen LogP contribution in [0.4, 0.5) is 11.5 Å². The molecule has 0 aliphatic heterocycles. The molecule has 3 N–H and O–H groups in total. The average molecular weight is 504 g/mol. The minimum absolute atomic E-state index is 0.00428. The molecule has 0 fully saturated rings. The Hall–Kier alpha value is -3.14. The lowest BCUT2D eigenvalue weighted by atomic mass is 10.0. The number of carbonyl (C=O) groups excluding carboxylic acids is 1. The van der Waals surface area contributed by atoms with Gasteiger partial charge in [-0.3, -0.25) is 9.52 Å². The smallest absolute Gasteiger partial charge is 0.261 e. The van der Waals surface area contributed by atoms with Crippen molar-refractivity contribution in [3.8, 4) is 0 Å². The van der Waals surface area contributed by atoms with Crippen molar-refractivity contribution < 1.29 is 13.2 Å². The third kappa shape index (κ3) is 4.27. The lowest BCUT2D eigenvalue weighted by molar-refractivity contribution is 0.104. The Kier molecular flexibility index (Phi) is 6.04. The van der Waals surface area contributed by atoms with E-state index in [-0.39, 0.29) is 38.6 Å². The maximum atomic E-state index is 13.5. The van der Waals surface area contributed by atoms with Gasteiger partial charge in [-0.2, -0.15) is 0 Å². The molecule has 2 aromatic carbocycles. The van der Waals surface area contributed by atoms with Crippen molar-refractivity contribution in [2.24, 2.45) is 0 Å². The third-order valence-electron chi connectivity index (χ3n) is 5.05. The first-order valence-corrected chi connectivity index (χ1v) is 12.1. The van der Waals surface area contributed by atoms with Crippen molar-refractivity contribution in [2.75, 3.05) is 10.5 Å². The van der Waals surface area contributed by atoms with Gasteiger partial charge >= 0.3 is 0 Å². The van der Waals surface area contributed by atoms with Crippen LogP contribution in [0.2, 0.25) is 10.0 Å². The summed E-state index contributed by atoms with van der Waals surface area (Å²) >= 11 is 12.3. The fraction of sp³-hybridized carbons (Fsp3) is 0.136. The molecule has 170 valence electrons. The second-order valence-corrected chi connectivity index (χ2v) is 10.1. The predicted octanol–water partition coefficient (Wildman–Crippen LogP) is 4.93. The van der Waals surface area contributed by atoms with E-state index in [4.69, 9.17) is 28.9 Å². The minimum Gasteiger partial charge on any atom is -0.383 e. The largest absolute Gasteiger partial charge is 0.383 e. The second-order valence-electron chi connectivity index (χ2n) is 7.56. The molecule has 0 radical (unpaired) electrons. The summed E-state index contributed by atoms with van der Waals surface area (Å²) < 4.78 is 29.8. The molecule has 33 heavy (non-hydrogen) atoms. The molecule has 11 heteroatoms. The van der Waals surface area contributed by atoms with Gasteiger partial charge in [0.05, 0.1) is 26.6 Å². The molecule has 0 spiro atoms. The molecular weight excluding hydrogens is 485 g/mol. The molecule has 0 amide bonds. The number of aromatic nitrogens is 3. The van der Waals surface area contributed by atoms with E-state index in [0.29, 0.717) is 16.1 Å². The van der Waals surface area contributed by atoms with Crippen LogP contribution < -0.4 is 10.5 Å². The van der Waals surface area contributed by atoms with Crippen molar-refractivity contribution in [3.63, 3.8) is 0 Å². The summed E-state index contributed by atoms with van der Waals surface area (Å²) in [6.07, 6.45) is 2.99. The van der Waals surface area contributed by atoms with E-state index in [1.807, 2.05) is 18.4 Å². The van der Waals surface area contributed by atoms with Gasteiger partial charge in [-0.05, 0) is 50.2 Å². The van der Waals surface area contributed by atoms with Crippen molar-refractivity contribution >= 4 is 61.5 Å². The SMILES string of the molecule is CC(C)n1cc(C(=O)c2cccc(NS(=O)(=O)c3ccc(Cl)cc3)c2Cl)c2c(N)ncnc21. The Bertz CT molecular complexity index is 1480. The van der Waals surface area contributed by atoms with Crippen LogP contribution in [0.3, 0.4) is 0 Å². The number of rotatable bonds is 6. The highest BCUT2D eigenvalue weighted by molar-refractivity contribution is 7.92. The van der Waals surface area contributed by atoms with Crippen molar-refractivity contribution in [2.45, 2.75) is 24.8 Å². The van der Waals surface area contributed by atoms with E-state index in [0.717, 1.165) is 0 Å². The number of carbonyl (C=O) groups is 1. The van der Waals surface area contributed by atoms with Crippen molar-refractivity contribution in [1.82, 2.24) is 14.5 Å². The molecule has 4 rings (SSSR count). The zero-order valence-corrected chi connectivity index (χ0v) is 19.9. The summed E-state index contributed by atoms with van der Waals surface area (Å²) in [5.41, 5.74) is 7.04. The number of anilines is 2. The number of nitrogens with one attached hydrogen (secondary N) is 1. The number of nitrogen functional groups attached to an aromatic ring is 1. The first-order chi connectivity index (χ1) is 15.6. The summed E-state index contributed by atoms with van der Waals surface area (Å²) in [7, 11) is -3.96. The number of sulfonamides is 1. The summed E-state index contributed by atoms with van der Waals surface area (Å²) in [6, 6.07) is 10.2. The maximum absolute atomic E-state index is 13.5. The minimum atomic E-state index is -3.96. The molecule has 8 nitrogen and oxygen atoms in total. The van der Waals surface area contributed by atoms with E-state index in [1.165, 1.54) is 42.7 Å². The molecule has 0 unspecified atom stereocenters. The van der Waals surface area contributed by atoms with Crippen LogP contribution in [0.15, 0.2) is 59.9 Å². The lowest BCUT2D eigenvalue weighted by Crippen LogP contribution is -2.14. The van der Waals surface area contributed by atoms with Gasteiger partial charge in [0, 0.05) is 22.8 Å². The van der Waals surface area contributed by atoms with Crippen LogP contribution in [0.1, 0.15) is 35.8 Å². The highest BCUT2D eigenvalue weighted by Crippen LogP contribution is 2.33. The van der Waals surface area contributed by atoms with E-state index >= 15 is 0 Å². The Labute approximate surface area is 200 Å². The second kappa shape index (κ2) is 8.66. The molecule has 0 saturated heterocycles. The third-order valence-corrected chi connectivity index (χ3v) is 7.09. The maximum Gasteiger partial charge on any atom is 0.261 e. The molecule has 0 aliphatic rings. The van der Waals surface area contributed by atoms with E-state index < -0.39 is 15.8 Å². The first kappa shape index (κ1) is 23.0. The standard InChI is InChI=1S/C22H19Cl2N5O3S/c1-12(2)29-10-16(18-21(25)26-11-27-22(18)29)20(30)15-4-3-5-17(19(15)24)28-33(31,32)14-8-6-13(23)7-9-14/h3-12,28H,1-2H3,(H2,25,26,27). The predicted molar refractivity (Wildman–Crippen MR) is 129 cm³/mol. The number of fused-ring (bicyclic) bond motifs is 1. The number of nitrogens with zero attached hydrogens (tertiary/aromatic N) is 3. The quantitative estimate of drug-likeness (QED) is 0.359. The summed E-state index contributed by atoms with van der Waals surface area (Å²) in [5, 5.41) is 0.781. The van der Waals surface area contributed by atoms with Crippen LogP contribution in [0.5, 0.6) is 0 Å². The monoisotopic (exact) mass is 503 g/mol. The van der Waals surface area contributed by atoms with Crippen LogP contribution in [-0.2, 0) is 10.0 Å². The van der Waals surface area contributed by atoms with E-state index in [9.17, 15) is 13.2 Å². The fourth-order valence-corrected chi connectivity index (χ4v) is 4.94. The van der Waals surface area contributed by atoms with Gasteiger partial charge < -0.3 is 10.3 Å². The normalized spacial score (nSPS) is 11.8. The van der Waals surface area contributed by atoms with Gasteiger partial charge in [-0.1, -0.05) is 29.3 Å². The fourth-order valence-electron chi connectivity index (χ4n) is 3.42. The Morgan fingerprint density at radius 2 is 1.76 bits per heavy atom. The van der Waals surface area contributed by atoms with Gasteiger partial charge in [0.25, 0.3) is 10.0 Å². The molecule has 2 heterocycles. The summed E-state index contributed by atoms with van der Waals surface area (Å²) in [5.74, 6) is -0.267. The number of nitrogens with two attached hydrogens (primary N) is 1. The number of hydrogen-bond acceptors (Lipinski definition) is 6. The number of halogens is 2. The average Bonchev–Trinajstić information content (AvgIpc) is 3.16. The topological polar surface area (TPSA) is 120 Å². The Morgan fingerprint density at radius 3 is 2.42 bits per heavy atom. The molecule has 4 aromatic rings. The van der Waals surface area contributed by atoms with E-state index in [2.05, 4.69) is 14.7 Å². The molecular formula is C22H19Cl2N5O3S. The van der Waals surface area contributed by atoms with Crippen molar-refractivity contribution in [3.05, 3.63) is 76.2 Å². The zero-order chi connectivity index (χ0) is 23.9.